The molecule has 1 saturated carbocycles. The standard InChI is InChI=1S/C14H27NO4/c1-18-10-5-8-15(9-11-19-2)13-7-4-3-6-12(13)14(16)17/h12-13H,3-11H2,1-2H3,(H,16,17). The van der Waals surface area contributed by atoms with Crippen LogP contribution in [0.2, 0.25) is 0 Å². The highest BCUT2D eigenvalue weighted by atomic mass is 16.5. The number of rotatable bonds is 9. The van der Waals surface area contributed by atoms with Gasteiger partial charge in [-0.2, -0.15) is 0 Å². The molecular weight excluding hydrogens is 246 g/mol. The third kappa shape index (κ3) is 5.47. The van der Waals surface area contributed by atoms with E-state index in [4.69, 9.17) is 9.47 Å². The van der Waals surface area contributed by atoms with Gasteiger partial charge in [0.15, 0.2) is 0 Å². The predicted octanol–water partition coefficient (Wildman–Crippen LogP) is 1.61. The van der Waals surface area contributed by atoms with Crippen molar-refractivity contribution >= 4 is 5.97 Å². The van der Waals surface area contributed by atoms with Gasteiger partial charge in [-0.1, -0.05) is 12.8 Å². The van der Waals surface area contributed by atoms with Crippen LogP contribution in [0.3, 0.4) is 0 Å². The average Bonchev–Trinajstić information content (AvgIpc) is 2.42. The molecule has 1 aliphatic carbocycles. The van der Waals surface area contributed by atoms with E-state index in [1.807, 2.05) is 0 Å². The highest BCUT2D eigenvalue weighted by molar-refractivity contribution is 5.71. The van der Waals surface area contributed by atoms with Crippen LogP contribution in [-0.4, -0.2) is 62.5 Å². The Morgan fingerprint density at radius 2 is 1.84 bits per heavy atom. The fourth-order valence-corrected chi connectivity index (χ4v) is 2.90. The van der Waals surface area contributed by atoms with Gasteiger partial charge in [-0.05, 0) is 19.3 Å². The minimum absolute atomic E-state index is 0.151. The van der Waals surface area contributed by atoms with Gasteiger partial charge in [0.2, 0.25) is 0 Å². The number of carbonyl (C=O) groups is 1. The summed E-state index contributed by atoms with van der Waals surface area (Å²) < 4.78 is 10.2. The molecule has 0 spiro atoms. The van der Waals surface area contributed by atoms with Crippen molar-refractivity contribution in [2.75, 3.05) is 40.5 Å². The Bertz CT molecular complexity index is 260. The highest BCUT2D eigenvalue weighted by Gasteiger charge is 2.34. The summed E-state index contributed by atoms with van der Waals surface area (Å²) in [6.45, 7) is 3.05. The number of hydrogen-bond donors (Lipinski definition) is 1. The quantitative estimate of drug-likeness (QED) is 0.647. The van der Waals surface area contributed by atoms with E-state index < -0.39 is 5.97 Å². The van der Waals surface area contributed by atoms with E-state index in [2.05, 4.69) is 4.90 Å². The second-order valence-corrected chi connectivity index (χ2v) is 5.17. The molecule has 1 fully saturated rings. The first-order valence-corrected chi connectivity index (χ1v) is 7.15. The molecule has 1 aliphatic rings. The normalized spacial score (nSPS) is 23.7. The lowest BCUT2D eigenvalue weighted by molar-refractivity contribution is -0.145. The third-order valence-electron chi connectivity index (χ3n) is 3.89. The molecule has 0 heterocycles. The maximum absolute atomic E-state index is 11.4. The van der Waals surface area contributed by atoms with E-state index in [0.717, 1.165) is 45.2 Å². The average molecular weight is 273 g/mol. The molecule has 0 aromatic heterocycles. The SMILES string of the molecule is COCCCN(CCOC)C1CCCCC1C(=O)O. The molecular formula is C14H27NO4. The molecule has 19 heavy (non-hydrogen) atoms. The molecule has 1 rings (SSSR count). The fourth-order valence-electron chi connectivity index (χ4n) is 2.90. The minimum atomic E-state index is -0.654. The lowest BCUT2D eigenvalue weighted by Crippen LogP contribution is -2.47. The molecule has 0 radical (unpaired) electrons. The van der Waals surface area contributed by atoms with Gasteiger partial charge in [0.05, 0.1) is 12.5 Å². The molecule has 2 unspecified atom stereocenters. The van der Waals surface area contributed by atoms with Crippen molar-refractivity contribution in [3.05, 3.63) is 0 Å². The lowest BCUT2D eigenvalue weighted by Gasteiger charge is -2.38. The summed E-state index contributed by atoms with van der Waals surface area (Å²) in [5.41, 5.74) is 0. The number of carboxylic acids is 1. The summed E-state index contributed by atoms with van der Waals surface area (Å²) in [5.74, 6) is -0.882. The monoisotopic (exact) mass is 273 g/mol. The Morgan fingerprint density at radius 3 is 2.47 bits per heavy atom. The smallest absolute Gasteiger partial charge is 0.308 e. The molecule has 5 nitrogen and oxygen atoms in total. The number of hydrogen-bond acceptors (Lipinski definition) is 4. The molecule has 0 bridgehead atoms. The van der Waals surface area contributed by atoms with Crippen LogP contribution in [0.1, 0.15) is 32.1 Å². The minimum Gasteiger partial charge on any atom is -0.481 e. The Balaban J connectivity index is 2.60. The van der Waals surface area contributed by atoms with Gasteiger partial charge in [0.25, 0.3) is 0 Å². The second kappa shape index (κ2) is 9.28. The summed E-state index contributed by atoms with van der Waals surface area (Å²) in [7, 11) is 3.38. The van der Waals surface area contributed by atoms with E-state index in [1.165, 1.54) is 0 Å². The Kier molecular flexibility index (Phi) is 8.02. The largest absolute Gasteiger partial charge is 0.481 e. The maximum atomic E-state index is 11.4. The number of methoxy groups -OCH3 is 2. The molecule has 2 atom stereocenters. The molecule has 0 aliphatic heterocycles. The van der Waals surface area contributed by atoms with Gasteiger partial charge in [-0.25, -0.2) is 0 Å². The van der Waals surface area contributed by atoms with Crippen LogP contribution < -0.4 is 0 Å². The van der Waals surface area contributed by atoms with Crippen LogP contribution >= 0.6 is 0 Å². The van der Waals surface area contributed by atoms with Crippen LogP contribution in [0.15, 0.2) is 0 Å². The van der Waals surface area contributed by atoms with Crippen LogP contribution in [0.25, 0.3) is 0 Å². The molecule has 0 aromatic carbocycles. The first-order chi connectivity index (χ1) is 9.20. The van der Waals surface area contributed by atoms with E-state index >= 15 is 0 Å². The van der Waals surface area contributed by atoms with Gasteiger partial charge in [-0.15, -0.1) is 0 Å². The first kappa shape index (κ1) is 16.4. The number of carboxylic acid groups (broad SMARTS) is 1. The van der Waals surface area contributed by atoms with Crippen LogP contribution in [0.5, 0.6) is 0 Å². The molecule has 5 heteroatoms. The highest BCUT2D eigenvalue weighted by Crippen LogP contribution is 2.28. The first-order valence-electron chi connectivity index (χ1n) is 7.15. The Morgan fingerprint density at radius 1 is 1.16 bits per heavy atom. The number of ether oxygens (including phenoxy) is 2. The Hall–Kier alpha value is -0.650. The van der Waals surface area contributed by atoms with Crippen LogP contribution in [-0.2, 0) is 14.3 Å². The summed E-state index contributed by atoms with van der Waals surface area (Å²) in [6.07, 6.45) is 4.87. The summed E-state index contributed by atoms with van der Waals surface area (Å²) in [4.78, 5) is 13.7. The topological polar surface area (TPSA) is 59.0 Å². The van der Waals surface area contributed by atoms with Gasteiger partial charge in [0.1, 0.15) is 0 Å². The van der Waals surface area contributed by atoms with Gasteiger partial charge in [0, 0.05) is 40.0 Å². The summed E-state index contributed by atoms with van der Waals surface area (Å²) in [5, 5.41) is 9.37. The van der Waals surface area contributed by atoms with Crippen molar-refractivity contribution < 1.29 is 19.4 Å². The van der Waals surface area contributed by atoms with Gasteiger partial charge < -0.3 is 14.6 Å². The van der Waals surface area contributed by atoms with Crippen molar-refractivity contribution in [3.8, 4) is 0 Å². The lowest BCUT2D eigenvalue weighted by atomic mass is 9.83. The summed E-state index contributed by atoms with van der Waals surface area (Å²) in [6, 6.07) is 0.151. The zero-order valence-electron chi connectivity index (χ0n) is 12.1. The van der Waals surface area contributed by atoms with Crippen molar-refractivity contribution in [2.45, 2.75) is 38.1 Å². The van der Waals surface area contributed by atoms with E-state index in [-0.39, 0.29) is 12.0 Å². The van der Waals surface area contributed by atoms with Crippen molar-refractivity contribution in [2.24, 2.45) is 5.92 Å². The van der Waals surface area contributed by atoms with Crippen molar-refractivity contribution in [1.29, 1.82) is 0 Å². The van der Waals surface area contributed by atoms with E-state index in [1.54, 1.807) is 14.2 Å². The molecule has 112 valence electrons. The fraction of sp³-hybridized carbons (Fsp3) is 0.929. The van der Waals surface area contributed by atoms with E-state index in [0.29, 0.717) is 13.2 Å². The summed E-state index contributed by atoms with van der Waals surface area (Å²) >= 11 is 0. The van der Waals surface area contributed by atoms with Crippen molar-refractivity contribution in [1.82, 2.24) is 4.90 Å². The molecule has 1 N–H and O–H groups in total. The maximum Gasteiger partial charge on any atom is 0.308 e. The molecule has 0 amide bonds. The number of nitrogens with zero attached hydrogens (tertiary/aromatic N) is 1. The van der Waals surface area contributed by atoms with Gasteiger partial charge >= 0.3 is 5.97 Å². The number of aliphatic carboxylic acids is 1. The van der Waals surface area contributed by atoms with Crippen molar-refractivity contribution in [3.63, 3.8) is 0 Å². The second-order valence-electron chi connectivity index (χ2n) is 5.17. The third-order valence-corrected chi connectivity index (χ3v) is 3.89. The zero-order chi connectivity index (χ0) is 14.1. The molecule has 0 saturated heterocycles. The van der Waals surface area contributed by atoms with Crippen LogP contribution in [0, 0.1) is 5.92 Å². The predicted molar refractivity (Wildman–Crippen MR) is 73.3 cm³/mol. The zero-order valence-corrected chi connectivity index (χ0v) is 12.1. The Labute approximate surface area is 115 Å². The molecule has 0 aromatic rings. The van der Waals surface area contributed by atoms with Gasteiger partial charge in [-0.3, -0.25) is 9.69 Å². The van der Waals surface area contributed by atoms with E-state index in [9.17, 15) is 9.90 Å². The van der Waals surface area contributed by atoms with Crippen LogP contribution in [0.4, 0.5) is 0 Å².